The second-order valence-corrected chi connectivity index (χ2v) is 4.70. The van der Waals surface area contributed by atoms with Crippen molar-refractivity contribution in [1.82, 2.24) is 14.8 Å². The van der Waals surface area contributed by atoms with Crippen LogP contribution in [-0.4, -0.2) is 35.1 Å². The molecule has 0 radical (unpaired) electrons. The van der Waals surface area contributed by atoms with Crippen LogP contribution >= 0.6 is 0 Å². The van der Waals surface area contributed by atoms with Crippen molar-refractivity contribution in [3.63, 3.8) is 0 Å². The molecule has 0 amide bonds. The summed E-state index contributed by atoms with van der Waals surface area (Å²) < 4.78 is 13.0. The van der Waals surface area contributed by atoms with Gasteiger partial charge in [-0.05, 0) is 18.1 Å². The van der Waals surface area contributed by atoms with Crippen LogP contribution in [0.15, 0.2) is 30.6 Å². The molecule has 1 aromatic carbocycles. The van der Waals surface area contributed by atoms with Gasteiger partial charge in [-0.3, -0.25) is 0 Å². The van der Waals surface area contributed by atoms with Gasteiger partial charge in [0.2, 0.25) is 0 Å². The first-order valence-electron chi connectivity index (χ1n) is 6.46. The molecular formula is C14H17N3O2. The molecule has 0 fully saturated rings. The number of benzene rings is 1. The third-order valence-electron chi connectivity index (χ3n) is 3.43. The van der Waals surface area contributed by atoms with E-state index < -0.39 is 0 Å². The molecule has 0 saturated carbocycles. The monoisotopic (exact) mass is 259 g/mol. The highest BCUT2D eigenvalue weighted by Crippen LogP contribution is 2.31. The average molecular weight is 259 g/mol. The van der Waals surface area contributed by atoms with Gasteiger partial charge in [-0.2, -0.15) is 0 Å². The topological polar surface area (TPSA) is 49.2 Å². The van der Waals surface area contributed by atoms with Crippen molar-refractivity contribution in [2.24, 2.45) is 0 Å². The average Bonchev–Trinajstić information content (AvgIpc) is 2.93. The molecule has 0 N–H and O–H groups in total. The second kappa shape index (κ2) is 5.40. The van der Waals surface area contributed by atoms with Gasteiger partial charge in [-0.1, -0.05) is 18.2 Å². The van der Waals surface area contributed by atoms with Crippen molar-refractivity contribution >= 4 is 0 Å². The molecule has 5 heteroatoms. The van der Waals surface area contributed by atoms with Gasteiger partial charge in [0.15, 0.2) is 0 Å². The highest BCUT2D eigenvalue weighted by Gasteiger charge is 2.25. The summed E-state index contributed by atoms with van der Waals surface area (Å²) in [5, 5.41) is 8.25. The number of hydrogen-bond acceptors (Lipinski definition) is 4. The van der Waals surface area contributed by atoms with E-state index in [1.807, 2.05) is 22.8 Å². The van der Waals surface area contributed by atoms with E-state index in [0.29, 0.717) is 13.2 Å². The lowest BCUT2D eigenvalue weighted by Gasteiger charge is -2.24. The molecule has 2 heterocycles. The van der Waals surface area contributed by atoms with E-state index in [4.69, 9.17) is 9.47 Å². The molecule has 19 heavy (non-hydrogen) atoms. The third kappa shape index (κ3) is 2.46. The summed E-state index contributed by atoms with van der Waals surface area (Å²) in [6, 6.07) is 8.17. The summed E-state index contributed by atoms with van der Waals surface area (Å²) in [4.78, 5) is 0. The van der Waals surface area contributed by atoms with Crippen molar-refractivity contribution in [3.8, 4) is 5.75 Å². The van der Waals surface area contributed by atoms with Crippen LogP contribution in [0.3, 0.4) is 0 Å². The zero-order valence-corrected chi connectivity index (χ0v) is 11.0. The van der Waals surface area contributed by atoms with Crippen molar-refractivity contribution in [3.05, 3.63) is 42.0 Å². The van der Waals surface area contributed by atoms with Gasteiger partial charge in [0.05, 0.1) is 19.1 Å². The molecule has 100 valence electrons. The summed E-state index contributed by atoms with van der Waals surface area (Å²) in [5.74, 6) is 2.22. The predicted octanol–water partition coefficient (Wildman–Crippen LogP) is 1.64. The lowest BCUT2D eigenvalue weighted by molar-refractivity contribution is 0.184. The fourth-order valence-corrected chi connectivity index (χ4v) is 2.44. The highest BCUT2D eigenvalue weighted by molar-refractivity contribution is 5.36. The Labute approximate surface area is 112 Å². The van der Waals surface area contributed by atoms with Crippen molar-refractivity contribution in [1.29, 1.82) is 0 Å². The van der Waals surface area contributed by atoms with Gasteiger partial charge in [0, 0.05) is 13.7 Å². The van der Waals surface area contributed by atoms with Gasteiger partial charge >= 0.3 is 0 Å². The molecule has 3 rings (SSSR count). The van der Waals surface area contributed by atoms with Crippen LogP contribution in [0.5, 0.6) is 5.75 Å². The van der Waals surface area contributed by atoms with Gasteiger partial charge < -0.3 is 14.0 Å². The Morgan fingerprint density at radius 3 is 3.21 bits per heavy atom. The van der Waals surface area contributed by atoms with E-state index in [1.54, 1.807) is 13.4 Å². The molecule has 0 saturated heterocycles. The SMILES string of the molecule is COCCn1cnnc1C1COc2ccccc2C1. The van der Waals surface area contributed by atoms with E-state index in [2.05, 4.69) is 16.3 Å². The molecule has 1 aliphatic rings. The second-order valence-electron chi connectivity index (χ2n) is 4.70. The Hall–Kier alpha value is -1.88. The Morgan fingerprint density at radius 2 is 2.32 bits per heavy atom. The summed E-state index contributed by atoms with van der Waals surface area (Å²) >= 11 is 0. The third-order valence-corrected chi connectivity index (χ3v) is 3.43. The van der Waals surface area contributed by atoms with Crippen LogP contribution < -0.4 is 4.74 Å². The number of para-hydroxylation sites is 1. The van der Waals surface area contributed by atoms with Crippen molar-refractivity contribution < 1.29 is 9.47 Å². The molecule has 5 nitrogen and oxygen atoms in total. The first-order valence-corrected chi connectivity index (χ1v) is 6.46. The summed E-state index contributed by atoms with van der Waals surface area (Å²) in [5.41, 5.74) is 1.24. The largest absolute Gasteiger partial charge is 0.493 e. The molecule has 1 aromatic heterocycles. The molecular weight excluding hydrogens is 242 g/mol. The molecule has 1 unspecified atom stereocenters. The first-order chi connectivity index (χ1) is 9.38. The lowest BCUT2D eigenvalue weighted by atomic mass is 9.96. The Balaban J connectivity index is 1.79. The predicted molar refractivity (Wildman–Crippen MR) is 70.3 cm³/mol. The van der Waals surface area contributed by atoms with E-state index in [9.17, 15) is 0 Å². The molecule has 0 spiro atoms. The van der Waals surface area contributed by atoms with Crippen LogP contribution in [0.25, 0.3) is 0 Å². The van der Waals surface area contributed by atoms with Gasteiger partial charge in [-0.25, -0.2) is 0 Å². The molecule has 0 aliphatic carbocycles. The van der Waals surface area contributed by atoms with E-state index in [0.717, 1.165) is 24.5 Å². The molecule has 0 bridgehead atoms. The van der Waals surface area contributed by atoms with E-state index in [-0.39, 0.29) is 5.92 Å². The smallest absolute Gasteiger partial charge is 0.139 e. The minimum absolute atomic E-state index is 0.259. The minimum Gasteiger partial charge on any atom is -0.493 e. The molecule has 2 aromatic rings. The van der Waals surface area contributed by atoms with E-state index >= 15 is 0 Å². The number of hydrogen-bond donors (Lipinski definition) is 0. The van der Waals surface area contributed by atoms with Crippen LogP contribution in [0, 0.1) is 0 Å². The number of rotatable bonds is 4. The van der Waals surface area contributed by atoms with E-state index in [1.165, 1.54) is 5.56 Å². The fraction of sp³-hybridized carbons (Fsp3) is 0.429. The Bertz CT molecular complexity index is 553. The summed E-state index contributed by atoms with van der Waals surface area (Å²) in [6.45, 7) is 2.09. The summed E-state index contributed by atoms with van der Waals surface area (Å²) in [6.07, 6.45) is 2.71. The Morgan fingerprint density at radius 1 is 1.42 bits per heavy atom. The standard InChI is InChI=1S/C14H17N3O2/c1-18-7-6-17-10-15-16-14(17)12-8-11-4-2-3-5-13(11)19-9-12/h2-5,10,12H,6-9H2,1H3. The van der Waals surface area contributed by atoms with Gasteiger partial charge in [0.1, 0.15) is 17.9 Å². The lowest BCUT2D eigenvalue weighted by Crippen LogP contribution is -2.23. The highest BCUT2D eigenvalue weighted by atomic mass is 16.5. The minimum atomic E-state index is 0.259. The van der Waals surface area contributed by atoms with Crippen LogP contribution in [0.1, 0.15) is 17.3 Å². The number of nitrogens with zero attached hydrogens (tertiary/aromatic N) is 3. The molecule has 1 aliphatic heterocycles. The van der Waals surface area contributed by atoms with Crippen molar-refractivity contribution in [2.45, 2.75) is 18.9 Å². The zero-order valence-electron chi connectivity index (χ0n) is 11.0. The van der Waals surface area contributed by atoms with Crippen LogP contribution in [0.4, 0.5) is 0 Å². The number of methoxy groups -OCH3 is 1. The first kappa shape index (κ1) is 12.2. The normalized spacial score (nSPS) is 17.8. The molecule has 1 atom stereocenters. The van der Waals surface area contributed by atoms with Crippen LogP contribution in [-0.2, 0) is 17.7 Å². The number of aromatic nitrogens is 3. The summed E-state index contributed by atoms with van der Waals surface area (Å²) in [7, 11) is 1.70. The quantitative estimate of drug-likeness (QED) is 0.837. The maximum atomic E-state index is 5.81. The van der Waals surface area contributed by atoms with Crippen LogP contribution in [0.2, 0.25) is 0 Å². The van der Waals surface area contributed by atoms with Gasteiger partial charge in [-0.15, -0.1) is 10.2 Å². The maximum absolute atomic E-state index is 5.81. The Kier molecular flexibility index (Phi) is 3.46. The zero-order chi connectivity index (χ0) is 13.1. The van der Waals surface area contributed by atoms with Gasteiger partial charge in [0.25, 0.3) is 0 Å². The number of fused-ring (bicyclic) bond motifs is 1. The maximum Gasteiger partial charge on any atom is 0.139 e. The fourth-order valence-electron chi connectivity index (χ4n) is 2.44. The number of ether oxygens (including phenoxy) is 2. The van der Waals surface area contributed by atoms with Crippen molar-refractivity contribution in [2.75, 3.05) is 20.3 Å².